The van der Waals surface area contributed by atoms with Crippen molar-refractivity contribution in [2.75, 3.05) is 19.8 Å². The smallest absolute Gasteiger partial charge is 0.224 e. The Morgan fingerprint density at radius 2 is 2.14 bits per heavy atom. The Hall–Kier alpha value is -1.39. The summed E-state index contributed by atoms with van der Waals surface area (Å²) >= 11 is 0. The number of aryl methyl sites for hydroxylation is 1. The molecule has 4 rings (SSSR count). The zero-order valence-corrected chi connectivity index (χ0v) is 13.0. The molecular weight excluding hydrogens is 276 g/mol. The van der Waals surface area contributed by atoms with E-state index >= 15 is 0 Å². The van der Waals surface area contributed by atoms with Crippen molar-refractivity contribution in [1.82, 2.24) is 10.2 Å². The molecule has 0 radical (unpaired) electrons. The average Bonchev–Trinajstić information content (AvgIpc) is 3.29. The molecule has 0 bridgehead atoms. The van der Waals surface area contributed by atoms with Gasteiger partial charge in [0.1, 0.15) is 0 Å². The molecule has 1 aliphatic heterocycles. The highest BCUT2D eigenvalue weighted by molar-refractivity contribution is 5.78. The van der Waals surface area contributed by atoms with Crippen molar-refractivity contribution in [3.63, 3.8) is 0 Å². The number of carbonyl (C=O) groups is 1. The van der Waals surface area contributed by atoms with Crippen LogP contribution < -0.4 is 5.32 Å². The Morgan fingerprint density at radius 3 is 2.91 bits per heavy atom. The third kappa shape index (κ3) is 2.77. The predicted octanol–water partition coefficient (Wildman–Crippen LogP) is 2.04. The number of benzene rings is 1. The van der Waals surface area contributed by atoms with Gasteiger partial charge in [-0.3, -0.25) is 4.79 Å². The molecule has 1 saturated carbocycles. The first-order valence-corrected chi connectivity index (χ1v) is 8.53. The van der Waals surface area contributed by atoms with Crippen molar-refractivity contribution in [3.05, 3.63) is 35.4 Å². The van der Waals surface area contributed by atoms with E-state index in [0.717, 1.165) is 26.0 Å². The maximum Gasteiger partial charge on any atom is 0.224 e. The molecule has 1 heterocycles. The summed E-state index contributed by atoms with van der Waals surface area (Å²) < 4.78 is 5.49. The predicted molar refractivity (Wildman–Crippen MR) is 84.6 cm³/mol. The Morgan fingerprint density at radius 1 is 1.27 bits per heavy atom. The van der Waals surface area contributed by atoms with E-state index in [-0.39, 0.29) is 6.04 Å². The maximum atomic E-state index is 12.9. The second-order valence-electron chi connectivity index (χ2n) is 6.72. The Bertz CT molecular complexity index is 550. The summed E-state index contributed by atoms with van der Waals surface area (Å²) in [4.78, 5) is 15.1. The highest BCUT2D eigenvalue weighted by Gasteiger charge is 2.40. The molecular formula is C18H24N2O2. The molecule has 2 unspecified atom stereocenters. The van der Waals surface area contributed by atoms with Gasteiger partial charge >= 0.3 is 0 Å². The maximum absolute atomic E-state index is 12.9. The monoisotopic (exact) mass is 300 g/mol. The molecule has 1 N–H and O–H groups in total. The summed E-state index contributed by atoms with van der Waals surface area (Å²) in [5.74, 6) is 0.298. The molecule has 1 aromatic carbocycles. The van der Waals surface area contributed by atoms with E-state index in [9.17, 15) is 4.79 Å². The minimum Gasteiger partial charge on any atom is -0.378 e. The van der Waals surface area contributed by atoms with Crippen LogP contribution in [0.2, 0.25) is 0 Å². The first-order chi connectivity index (χ1) is 10.8. The van der Waals surface area contributed by atoms with Crippen molar-refractivity contribution in [1.29, 1.82) is 0 Å². The molecule has 2 fully saturated rings. The number of fused-ring (bicyclic) bond motifs is 1. The zero-order valence-electron chi connectivity index (χ0n) is 13.0. The molecule has 22 heavy (non-hydrogen) atoms. The lowest BCUT2D eigenvalue weighted by molar-refractivity contribution is -0.135. The van der Waals surface area contributed by atoms with E-state index in [4.69, 9.17) is 4.74 Å². The number of nitrogens with one attached hydrogen (secondary N) is 1. The van der Waals surface area contributed by atoms with E-state index in [2.05, 4.69) is 34.5 Å². The van der Waals surface area contributed by atoms with E-state index < -0.39 is 0 Å². The van der Waals surface area contributed by atoms with Crippen molar-refractivity contribution in [3.8, 4) is 0 Å². The van der Waals surface area contributed by atoms with Crippen LogP contribution in [0.1, 0.15) is 42.9 Å². The van der Waals surface area contributed by atoms with E-state index in [1.165, 1.54) is 24.0 Å². The third-order valence-electron chi connectivity index (χ3n) is 5.08. The Kier molecular flexibility index (Phi) is 3.89. The molecule has 2 atom stereocenters. The molecule has 3 aliphatic rings. The van der Waals surface area contributed by atoms with Crippen molar-refractivity contribution in [2.24, 2.45) is 0 Å². The van der Waals surface area contributed by atoms with Crippen LogP contribution in [0.3, 0.4) is 0 Å². The minimum absolute atomic E-state index is 0.180. The molecule has 1 saturated heterocycles. The molecule has 1 aromatic rings. The molecule has 4 heteroatoms. The highest BCUT2D eigenvalue weighted by Crippen LogP contribution is 2.42. The SMILES string of the molecule is O=C(CC1COCCN1)N(C1CC1)C1CCc2ccccc21. The van der Waals surface area contributed by atoms with Gasteiger partial charge in [0.05, 0.1) is 19.3 Å². The van der Waals surface area contributed by atoms with Crippen LogP contribution in [-0.2, 0) is 16.0 Å². The lowest BCUT2D eigenvalue weighted by atomic mass is 10.1. The van der Waals surface area contributed by atoms with Gasteiger partial charge in [-0.25, -0.2) is 0 Å². The number of nitrogens with zero attached hydrogens (tertiary/aromatic N) is 1. The van der Waals surface area contributed by atoms with Gasteiger partial charge in [-0.1, -0.05) is 24.3 Å². The largest absolute Gasteiger partial charge is 0.378 e. The number of hydrogen-bond acceptors (Lipinski definition) is 3. The fraction of sp³-hybridized carbons (Fsp3) is 0.611. The van der Waals surface area contributed by atoms with Gasteiger partial charge in [0, 0.05) is 25.0 Å². The topological polar surface area (TPSA) is 41.6 Å². The second kappa shape index (κ2) is 6.01. The standard InChI is InChI=1S/C18H24N2O2/c21-18(11-14-12-22-10-9-19-14)20(15-6-7-15)17-8-5-13-3-1-2-4-16(13)17/h1-4,14-15,17,19H,5-12H2. The number of hydrogen-bond donors (Lipinski definition) is 1. The highest BCUT2D eigenvalue weighted by atomic mass is 16.5. The van der Waals surface area contributed by atoms with Crippen molar-refractivity contribution < 1.29 is 9.53 Å². The summed E-state index contributed by atoms with van der Waals surface area (Å²) in [6.45, 7) is 2.27. The lowest BCUT2D eigenvalue weighted by Gasteiger charge is -2.32. The summed E-state index contributed by atoms with van der Waals surface area (Å²) in [5, 5.41) is 3.40. The zero-order chi connectivity index (χ0) is 14.9. The first-order valence-electron chi connectivity index (χ1n) is 8.53. The first kappa shape index (κ1) is 14.2. The van der Waals surface area contributed by atoms with Gasteiger partial charge < -0.3 is 15.0 Å². The van der Waals surface area contributed by atoms with Crippen LogP contribution in [0, 0.1) is 0 Å². The van der Waals surface area contributed by atoms with Crippen molar-refractivity contribution in [2.45, 2.75) is 50.2 Å². The van der Waals surface area contributed by atoms with E-state index in [1.807, 2.05) is 0 Å². The molecule has 0 spiro atoms. The van der Waals surface area contributed by atoms with Gasteiger partial charge in [0.2, 0.25) is 5.91 Å². The minimum atomic E-state index is 0.180. The molecule has 0 aromatic heterocycles. The summed E-state index contributed by atoms with van der Waals surface area (Å²) in [5.41, 5.74) is 2.79. The summed E-state index contributed by atoms with van der Waals surface area (Å²) in [6.07, 6.45) is 5.07. The quantitative estimate of drug-likeness (QED) is 0.925. The van der Waals surface area contributed by atoms with E-state index in [0.29, 0.717) is 31.0 Å². The molecule has 118 valence electrons. The Labute approximate surface area is 131 Å². The van der Waals surface area contributed by atoms with Gasteiger partial charge in [0.15, 0.2) is 0 Å². The van der Waals surface area contributed by atoms with Crippen LogP contribution in [0.4, 0.5) is 0 Å². The van der Waals surface area contributed by atoms with Crippen LogP contribution in [-0.4, -0.2) is 42.6 Å². The van der Waals surface area contributed by atoms with Crippen LogP contribution in [0.5, 0.6) is 0 Å². The lowest BCUT2D eigenvalue weighted by Crippen LogP contribution is -2.46. The number of amides is 1. The summed E-state index contributed by atoms with van der Waals surface area (Å²) in [6, 6.07) is 9.56. The van der Waals surface area contributed by atoms with Gasteiger partial charge in [-0.2, -0.15) is 0 Å². The average molecular weight is 300 g/mol. The number of carbonyl (C=O) groups excluding carboxylic acids is 1. The Balaban J connectivity index is 1.50. The summed E-state index contributed by atoms with van der Waals surface area (Å²) in [7, 11) is 0. The fourth-order valence-electron chi connectivity index (χ4n) is 3.88. The van der Waals surface area contributed by atoms with E-state index in [1.54, 1.807) is 0 Å². The van der Waals surface area contributed by atoms with Crippen molar-refractivity contribution >= 4 is 5.91 Å². The fourth-order valence-corrected chi connectivity index (χ4v) is 3.88. The number of morpholine rings is 1. The number of rotatable bonds is 4. The number of ether oxygens (including phenoxy) is 1. The van der Waals surface area contributed by atoms with Gasteiger partial charge in [-0.15, -0.1) is 0 Å². The second-order valence-corrected chi connectivity index (χ2v) is 6.72. The van der Waals surface area contributed by atoms with Gasteiger partial charge in [-0.05, 0) is 36.8 Å². The third-order valence-corrected chi connectivity index (χ3v) is 5.08. The molecule has 4 nitrogen and oxygen atoms in total. The van der Waals surface area contributed by atoms with Gasteiger partial charge in [0.25, 0.3) is 0 Å². The normalized spacial score (nSPS) is 27.5. The molecule has 2 aliphatic carbocycles. The van der Waals surface area contributed by atoms with Crippen LogP contribution in [0.15, 0.2) is 24.3 Å². The molecule has 1 amide bonds. The van der Waals surface area contributed by atoms with Crippen LogP contribution >= 0.6 is 0 Å². The van der Waals surface area contributed by atoms with Crippen LogP contribution in [0.25, 0.3) is 0 Å².